The lowest BCUT2D eigenvalue weighted by molar-refractivity contribution is 0.102. The van der Waals surface area contributed by atoms with Gasteiger partial charge >= 0.3 is 0 Å². The van der Waals surface area contributed by atoms with E-state index in [4.69, 9.17) is 9.26 Å². The van der Waals surface area contributed by atoms with E-state index in [0.717, 1.165) is 24.0 Å². The summed E-state index contributed by atoms with van der Waals surface area (Å²) in [7, 11) is 0. The van der Waals surface area contributed by atoms with E-state index in [1.165, 1.54) is 5.52 Å². The third kappa shape index (κ3) is 4.29. The number of hydrogen-bond acceptors (Lipinski definition) is 5. The number of amides is 1. The van der Waals surface area contributed by atoms with Crippen molar-refractivity contribution < 1.29 is 14.1 Å². The predicted octanol–water partition coefficient (Wildman–Crippen LogP) is 4.57. The summed E-state index contributed by atoms with van der Waals surface area (Å²) >= 11 is 0. The molecule has 7 nitrogen and oxygen atoms in total. The Morgan fingerprint density at radius 3 is 2.72 bits per heavy atom. The SMILES string of the molecule is CCCn1ccc2cc(NC(=O)c3ccc(OCc4noc(C)n4)cc3)ccc21. The molecule has 4 rings (SSSR count). The van der Waals surface area contributed by atoms with Crippen molar-refractivity contribution in [2.45, 2.75) is 33.4 Å². The highest BCUT2D eigenvalue weighted by Gasteiger charge is 2.09. The zero-order chi connectivity index (χ0) is 20.2. The lowest BCUT2D eigenvalue weighted by Crippen LogP contribution is -2.11. The van der Waals surface area contributed by atoms with Crippen LogP contribution in [0.25, 0.3) is 10.9 Å². The van der Waals surface area contributed by atoms with Crippen molar-refractivity contribution >= 4 is 22.5 Å². The van der Waals surface area contributed by atoms with Gasteiger partial charge in [0.05, 0.1) is 0 Å². The number of hydrogen-bond donors (Lipinski definition) is 1. The molecule has 0 spiro atoms. The summed E-state index contributed by atoms with van der Waals surface area (Å²) < 4.78 is 12.7. The molecule has 0 atom stereocenters. The molecule has 2 aromatic heterocycles. The average molecular weight is 390 g/mol. The summed E-state index contributed by atoms with van der Waals surface area (Å²) in [5.41, 5.74) is 2.49. The van der Waals surface area contributed by atoms with Crippen molar-refractivity contribution in [3.05, 3.63) is 72.0 Å². The highest BCUT2D eigenvalue weighted by molar-refractivity contribution is 6.05. The van der Waals surface area contributed by atoms with Crippen LogP contribution in [0.5, 0.6) is 5.75 Å². The van der Waals surface area contributed by atoms with E-state index in [1.807, 2.05) is 18.2 Å². The third-order valence-electron chi connectivity index (χ3n) is 4.55. The second-order valence-corrected chi connectivity index (χ2v) is 6.78. The number of nitrogens with one attached hydrogen (secondary N) is 1. The maximum absolute atomic E-state index is 12.6. The minimum Gasteiger partial charge on any atom is -0.485 e. The van der Waals surface area contributed by atoms with Crippen LogP contribution in [0, 0.1) is 6.92 Å². The molecule has 0 unspecified atom stereocenters. The molecule has 0 aliphatic heterocycles. The number of aromatic nitrogens is 3. The van der Waals surface area contributed by atoms with E-state index in [1.54, 1.807) is 31.2 Å². The zero-order valence-electron chi connectivity index (χ0n) is 16.4. The lowest BCUT2D eigenvalue weighted by atomic mass is 10.2. The monoisotopic (exact) mass is 390 g/mol. The van der Waals surface area contributed by atoms with E-state index >= 15 is 0 Å². The topological polar surface area (TPSA) is 82.2 Å². The van der Waals surface area contributed by atoms with Gasteiger partial charge in [0.2, 0.25) is 11.7 Å². The number of fused-ring (bicyclic) bond motifs is 1. The molecule has 148 valence electrons. The summed E-state index contributed by atoms with van der Waals surface area (Å²) in [5.74, 6) is 1.43. The quantitative estimate of drug-likeness (QED) is 0.500. The Bertz CT molecular complexity index is 1130. The van der Waals surface area contributed by atoms with Gasteiger partial charge in [-0.05, 0) is 55.0 Å². The summed E-state index contributed by atoms with van der Waals surface area (Å²) in [4.78, 5) is 16.6. The van der Waals surface area contributed by atoms with Gasteiger partial charge in [0.15, 0.2) is 6.61 Å². The molecule has 2 heterocycles. The number of rotatable bonds is 7. The molecule has 0 aliphatic carbocycles. The first-order chi connectivity index (χ1) is 14.1. The molecule has 0 fully saturated rings. The number of anilines is 1. The Kier molecular flexibility index (Phi) is 5.29. The smallest absolute Gasteiger partial charge is 0.255 e. The molecular weight excluding hydrogens is 368 g/mol. The Hall–Kier alpha value is -3.61. The number of benzene rings is 2. The summed E-state index contributed by atoms with van der Waals surface area (Å²) in [6.45, 7) is 5.07. The van der Waals surface area contributed by atoms with E-state index < -0.39 is 0 Å². The second-order valence-electron chi connectivity index (χ2n) is 6.78. The van der Waals surface area contributed by atoms with Crippen molar-refractivity contribution in [3.63, 3.8) is 0 Å². The molecule has 7 heteroatoms. The molecule has 29 heavy (non-hydrogen) atoms. The summed E-state index contributed by atoms with van der Waals surface area (Å²) in [6.07, 6.45) is 3.16. The Labute approximate surface area is 168 Å². The van der Waals surface area contributed by atoms with Crippen LogP contribution in [0.3, 0.4) is 0 Å². The molecule has 1 N–H and O–H groups in total. The van der Waals surface area contributed by atoms with Crippen molar-refractivity contribution in [3.8, 4) is 5.75 Å². The molecule has 2 aromatic carbocycles. The first-order valence-electron chi connectivity index (χ1n) is 9.54. The van der Waals surface area contributed by atoms with Gasteiger partial charge in [0.25, 0.3) is 5.91 Å². The maximum atomic E-state index is 12.6. The van der Waals surface area contributed by atoms with Crippen LogP contribution in [0.1, 0.15) is 35.4 Å². The van der Waals surface area contributed by atoms with Gasteiger partial charge in [-0.3, -0.25) is 4.79 Å². The highest BCUT2D eigenvalue weighted by Crippen LogP contribution is 2.22. The van der Waals surface area contributed by atoms with Gasteiger partial charge in [-0.2, -0.15) is 4.98 Å². The van der Waals surface area contributed by atoms with Crippen LogP contribution in [-0.4, -0.2) is 20.6 Å². The van der Waals surface area contributed by atoms with Gasteiger partial charge < -0.3 is 19.1 Å². The largest absolute Gasteiger partial charge is 0.485 e. The molecule has 0 saturated heterocycles. The van der Waals surface area contributed by atoms with Crippen LogP contribution in [0.2, 0.25) is 0 Å². The van der Waals surface area contributed by atoms with Crippen molar-refractivity contribution in [1.82, 2.24) is 14.7 Å². The fourth-order valence-corrected chi connectivity index (χ4v) is 3.17. The number of carbonyl (C=O) groups excluding carboxylic acids is 1. The lowest BCUT2D eigenvalue weighted by Gasteiger charge is -2.08. The number of ether oxygens (including phenoxy) is 1. The Morgan fingerprint density at radius 1 is 1.17 bits per heavy atom. The normalized spacial score (nSPS) is 11.0. The molecule has 0 saturated carbocycles. The molecule has 0 bridgehead atoms. The minimum atomic E-state index is -0.169. The van der Waals surface area contributed by atoms with Crippen molar-refractivity contribution in [2.75, 3.05) is 5.32 Å². The first kappa shape index (κ1) is 18.7. The first-order valence-corrected chi connectivity index (χ1v) is 9.54. The van der Waals surface area contributed by atoms with Gasteiger partial charge in [0, 0.05) is 41.8 Å². The van der Waals surface area contributed by atoms with E-state index in [0.29, 0.717) is 23.0 Å². The maximum Gasteiger partial charge on any atom is 0.255 e. The standard InChI is InChI=1S/C22H22N4O3/c1-3-11-26-12-10-17-13-18(6-9-20(17)26)24-22(27)16-4-7-19(8-5-16)28-14-21-23-15(2)29-25-21/h4-10,12-13H,3,11,14H2,1-2H3,(H,24,27). The predicted molar refractivity (Wildman–Crippen MR) is 110 cm³/mol. The Balaban J connectivity index is 1.39. The van der Waals surface area contributed by atoms with E-state index in [2.05, 4.69) is 39.2 Å². The van der Waals surface area contributed by atoms with Gasteiger partial charge in [0.1, 0.15) is 5.75 Å². The van der Waals surface area contributed by atoms with Gasteiger partial charge in [-0.1, -0.05) is 12.1 Å². The van der Waals surface area contributed by atoms with Crippen LogP contribution in [0.4, 0.5) is 5.69 Å². The molecule has 0 radical (unpaired) electrons. The van der Waals surface area contributed by atoms with E-state index in [-0.39, 0.29) is 12.5 Å². The third-order valence-corrected chi connectivity index (χ3v) is 4.55. The van der Waals surface area contributed by atoms with Crippen molar-refractivity contribution in [2.24, 2.45) is 0 Å². The fourth-order valence-electron chi connectivity index (χ4n) is 3.17. The van der Waals surface area contributed by atoms with Crippen LogP contribution in [0.15, 0.2) is 59.3 Å². The second kappa shape index (κ2) is 8.18. The molecule has 4 aromatic rings. The molecule has 0 aliphatic rings. The van der Waals surface area contributed by atoms with Crippen molar-refractivity contribution in [1.29, 1.82) is 0 Å². The zero-order valence-corrected chi connectivity index (χ0v) is 16.4. The Morgan fingerprint density at radius 2 is 2.00 bits per heavy atom. The summed E-state index contributed by atoms with van der Waals surface area (Å²) in [6, 6.07) is 15.0. The van der Waals surface area contributed by atoms with Gasteiger partial charge in [-0.15, -0.1) is 0 Å². The number of carbonyl (C=O) groups is 1. The van der Waals surface area contributed by atoms with E-state index in [9.17, 15) is 4.79 Å². The molecule has 1 amide bonds. The average Bonchev–Trinajstić information content (AvgIpc) is 3.33. The molecular formula is C22H22N4O3. The minimum absolute atomic E-state index is 0.169. The van der Waals surface area contributed by atoms with Crippen LogP contribution in [-0.2, 0) is 13.2 Å². The summed E-state index contributed by atoms with van der Waals surface area (Å²) in [5, 5.41) is 7.84. The highest BCUT2D eigenvalue weighted by atomic mass is 16.5. The fraction of sp³-hybridized carbons (Fsp3) is 0.227. The van der Waals surface area contributed by atoms with Crippen LogP contribution >= 0.6 is 0 Å². The number of aryl methyl sites for hydroxylation is 2. The van der Waals surface area contributed by atoms with Crippen LogP contribution < -0.4 is 10.1 Å². The van der Waals surface area contributed by atoms with Gasteiger partial charge in [-0.25, -0.2) is 0 Å². The number of nitrogens with zero attached hydrogens (tertiary/aromatic N) is 3.